The molecule has 0 aliphatic carbocycles. The van der Waals surface area contributed by atoms with Crippen molar-refractivity contribution in [3.8, 4) is 33.5 Å². The van der Waals surface area contributed by atoms with Crippen molar-refractivity contribution in [3.05, 3.63) is 181 Å². The topological polar surface area (TPSA) is 79.4 Å². The number of aryl methyl sites for hydroxylation is 1. The van der Waals surface area contributed by atoms with Gasteiger partial charge in [-0.05, 0) is 81.8 Å². The first-order valence-electron chi connectivity index (χ1n) is 17.0. The third-order valence-corrected chi connectivity index (χ3v) is 15.1. The number of nitrogens with zero attached hydrogens (tertiary/aromatic N) is 2. The number of benzene rings is 7. The number of aromatic hydroxyl groups is 2. The molecule has 5 nitrogen and oxygen atoms in total. The SMILES string of the molecule is Cc1ccc2nc(-c3ccccc3O)sc2c1.Oc1ccccc1-c1nc2ccc([Si](c3ccccc3)(c3ccccc3)c3ccccc3)cc2o1.[Zn]. The van der Waals surface area contributed by atoms with Gasteiger partial charge in [0.25, 0.3) is 0 Å². The second kappa shape index (κ2) is 15.5. The van der Waals surface area contributed by atoms with Crippen molar-refractivity contribution in [1.29, 1.82) is 0 Å². The van der Waals surface area contributed by atoms with Crippen molar-refractivity contribution in [3.63, 3.8) is 0 Å². The zero-order valence-electron chi connectivity index (χ0n) is 29.1. The van der Waals surface area contributed by atoms with E-state index < -0.39 is 8.07 Å². The molecule has 9 aromatic rings. The van der Waals surface area contributed by atoms with Gasteiger partial charge in [-0.2, -0.15) is 0 Å². The van der Waals surface area contributed by atoms with Crippen molar-refractivity contribution in [2.24, 2.45) is 0 Å². The standard InChI is InChI=1S/C31H23NO2Si.C14H11NOS.Zn/c33-29-19-11-10-18-27(29)31-32-28-21-20-26(22-30(28)34-31)35(23-12-4-1-5-13-23,24-14-6-2-7-15-24)25-16-8-3-9-17-25;1-9-6-7-11-13(8-9)17-14(15-11)10-4-2-3-5-12(10)16;/h1-22,33H;2-8,16H,1H3;. The van der Waals surface area contributed by atoms with E-state index in [2.05, 4.69) is 132 Å². The molecular weight excluding hydrogens is 742 g/mol. The van der Waals surface area contributed by atoms with Crippen LogP contribution in [0.3, 0.4) is 0 Å². The molecule has 254 valence electrons. The summed E-state index contributed by atoms with van der Waals surface area (Å²) in [5.74, 6) is 0.853. The minimum Gasteiger partial charge on any atom is -0.507 e. The first-order chi connectivity index (χ1) is 25.5. The van der Waals surface area contributed by atoms with Gasteiger partial charge in [0.1, 0.15) is 22.0 Å². The zero-order chi connectivity index (χ0) is 35.5. The van der Waals surface area contributed by atoms with Crippen LogP contribution in [0.4, 0.5) is 0 Å². The molecule has 0 aliphatic heterocycles. The van der Waals surface area contributed by atoms with Crippen molar-refractivity contribution < 1.29 is 34.1 Å². The molecule has 0 saturated carbocycles. The van der Waals surface area contributed by atoms with E-state index in [1.807, 2.05) is 42.5 Å². The molecule has 7 aromatic carbocycles. The predicted molar refractivity (Wildman–Crippen MR) is 216 cm³/mol. The number of thiazole rings is 1. The number of phenolic OH excluding ortho intramolecular Hbond substituents is 2. The molecule has 0 radical (unpaired) electrons. The van der Waals surface area contributed by atoms with E-state index in [-0.39, 0.29) is 31.0 Å². The molecule has 0 spiro atoms. The number of fused-ring (bicyclic) bond motifs is 2. The van der Waals surface area contributed by atoms with Crippen molar-refractivity contribution in [2.45, 2.75) is 6.92 Å². The summed E-state index contributed by atoms with van der Waals surface area (Å²) < 4.78 is 7.39. The molecule has 0 atom stereocenters. The largest absolute Gasteiger partial charge is 0.507 e. The van der Waals surface area contributed by atoms with Crippen LogP contribution in [0.1, 0.15) is 5.56 Å². The number of hydrogen-bond donors (Lipinski definition) is 2. The van der Waals surface area contributed by atoms with Crippen LogP contribution < -0.4 is 20.7 Å². The number of oxazole rings is 1. The molecule has 0 saturated heterocycles. The zero-order valence-corrected chi connectivity index (χ0v) is 33.8. The number of phenols is 2. The fourth-order valence-electron chi connectivity index (χ4n) is 6.79. The van der Waals surface area contributed by atoms with Gasteiger partial charge in [-0.15, -0.1) is 11.3 Å². The van der Waals surface area contributed by atoms with E-state index in [1.165, 1.54) is 26.3 Å². The summed E-state index contributed by atoms with van der Waals surface area (Å²) in [6.45, 7) is 2.07. The van der Waals surface area contributed by atoms with Crippen LogP contribution in [0.15, 0.2) is 180 Å². The third-order valence-electron chi connectivity index (χ3n) is 9.25. The normalized spacial score (nSPS) is 11.1. The molecule has 0 bridgehead atoms. The Kier molecular flexibility index (Phi) is 10.5. The van der Waals surface area contributed by atoms with Crippen molar-refractivity contribution in [1.82, 2.24) is 9.97 Å². The maximum Gasteiger partial charge on any atom is 0.231 e. The van der Waals surface area contributed by atoms with E-state index in [9.17, 15) is 10.2 Å². The van der Waals surface area contributed by atoms with Crippen LogP contribution in [-0.4, -0.2) is 28.3 Å². The summed E-state index contributed by atoms with van der Waals surface area (Å²) in [5, 5.41) is 26.1. The van der Waals surface area contributed by atoms with Gasteiger partial charge >= 0.3 is 0 Å². The summed E-state index contributed by atoms with van der Waals surface area (Å²) in [6, 6.07) is 59.3. The summed E-state index contributed by atoms with van der Waals surface area (Å²) in [4.78, 5) is 9.22. The minimum atomic E-state index is -2.64. The van der Waals surface area contributed by atoms with Crippen LogP contribution in [-0.2, 0) is 19.5 Å². The van der Waals surface area contributed by atoms with Gasteiger partial charge in [0, 0.05) is 19.5 Å². The Hall–Kier alpha value is -5.66. The Morgan fingerprint density at radius 1 is 0.509 bits per heavy atom. The second-order valence-corrected chi connectivity index (χ2v) is 17.4. The molecule has 2 aromatic heterocycles. The van der Waals surface area contributed by atoms with Gasteiger partial charge in [-0.25, -0.2) is 9.97 Å². The van der Waals surface area contributed by atoms with Gasteiger partial charge in [0.2, 0.25) is 5.89 Å². The molecular formula is C45H34N2O3SSiZn. The molecule has 9 rings (SSSR count). The molecule has 0 fully saturated rings. The molecule has 0 aliphatic rings. The monoisotopic (exact) mass is 774 g/mol. The van der Waals surface area contributed by atoms with Crippen molar-refractivity contribution in [2.75, 3.05) is 0 Å². The Morgan fingerprint density at radius 2 is 1.02 bits per heavy atom. The molecule has 0 amide bonds. The summed E-state index contributed by atoms with van der Waals surface area (Å²) >= 11 is 1.61. The Balaban J connectivity index is 0.000000203. The predicted octanol–water partition coefficient (Wildman–Crippen LogP) is 8.55. The maximum atomic E-state index is 10.3. The minimum absolute atomic E-state index is 0. The Bertz CT molecular complexity index is 2530. The van der Waals surface area contributed by atoms with Gasteiger partial charge in [0.15, 0.2) is 13.7 Å². The third kappa shape index (κ3) is 6.97. The smallest absolute Gasteiger partial charge is 0.231 e. The van der Waals surface area contributed by atoms with E-state index in [0.717, 1.165) is 26.3 Å². The van der Waals surface area contributed by atoms with Crippen LogP contribution in [0.2, 0.25) is 0 Å². The van der Waals surface area contributed by atoms with Gasteiger partial charge in [0.05, 0.1) is 21.3 Å². The first kappa shape index (κ1) is 35.7. The van der Waals surface area contributed by atoms with E-state index in [1.54, 1.807) is 29.5 Å². The van der Waals surface area contributed by atoms with Crippen LogP contribution in [0.25, 0.3) is 43.3 Å². The Morgan fingerprint density at radius 3 is 1.58 bits per heavy atom. The van der Waals surface area contributed by atoms with Crippen molar-refractivity contribution >= 4 is 61.5 Å². The number of hydrogen-bond acceptors (Lipinski definition) is 6. The van der Waals surface area contributed by atoms with E-state index in [0.29, 0.717) is 17.0 Å². The molecule has 2 heterocycles. The molecule has 2 N–H and O–H groups in total. The quantitative estimate of drug-likeness (QED) is 0.131. The first-order valence-corrected chi connectivity index (χ1v) is 19.8. The average Bonchev–Trinajstić information content (AvgIpc) is 3.81. The van der Waals surface area contributed by atoms with Gasteiger partial charge in [-0.1, -0.05) is 127 Å². The average molecular weight is 776 g/mol. The summed E-state index contributed by atoms with van der Waals surface area (Å²) in [6.07, 6.45) is 0. The fraction of sp³-hybridized carbons (Fsp3) is 0.0222. The van der Waals surface area contributed by atoms with E-state index in [4.69, 9.17) is 4.42 Å². The Labute approximate surface area is 325 Å². The van der Waals surface area contributed by atoms with Crippen LogP contribution >= 0.6 is 11.3 Å². The summed E-state index contributed by atoms with van der Waals surface area (Å²) in [5.41, 5.74) is 5.07. The van der Waals surface area contributed by atoms with Crippen LogP contribution in [0.5, 0.6) is 11.5 Å². The number of para-hydroxylation sites is 2. The second-order valence-electron chi connectivity index (χ2n) is 12.6. The number of aromatic nitrogens is 2. The fourth-order valence-corrected chi connectivity index (χ4v) is 12.6. The van der Waals surface area contributed by atoms with Crippen LogP contribution in [0, 0.1) is 6.92 Å². The molecule has 8 heteroatoms. The van der Waals surface area contributed by atoms with Gasteiger partial charge in [-0.3, -0.25) is 0 Å². The molecule has 0 unspecified atom stereocenters. The van der Waals surface area contributed by atoms with E-state index >= 15 is 0 Å². The summed E-state index contributed by atoms with van der Waals surface area (Å²) in [7, 11) is -2.64. The molecule has 53 heavy (non-hydrogen) atoms. The number of rotatable bonds is 6. The maximum absolute atomic E-state index is 10.3. The van der Waals surface area contributed by atoms with Gasteiger partial charge < -0.3 is 14.6 Å².